The van der Waals surface area contributed by atoms with Crippen molar-refractivity contribution in [3.8, 4) is 0 Å². The topological polar surface area (TPSA) is 72.2 Å². The molecule has 6 heteroatoms. The molecule has 1 rings (SSSR count). The smallest absolute Gasteiger partial charge is 0.324 e. The first-order valence-electron chi connectivity index (χ1n) is 5.19. The van der Waals surface area contributed by atoms with Crippen LogP contribution in [0.1, 0.15) is 18.7 Å². The van der Waals surface area contributed by atoms with Gasteiger partial charge in [-0.1, -0.05) is 25.2 Å². The van der Waals surface area contributed by atoms with E-state index in [2.05, 4.69) is 5.32 Å². The maximum Gasteiger partial charge on any atom is 0.324 e. The Morgan fingerprint density at radius 3 is 2.82 bits per heavy atom. The number of amides is 1. The number of carbonyl (C=O) groups is 1. The molecule has 92 valence electrons. The van der Waals surface area contributed by atoms with Crippen LogP contribution >= 0.6 is 11.3 Å². The number of thiophene rings is 1. The zero-order valence-electron chi connectivity index (χ0n) is 9.67. The Kier molecular flexibility index (Phi) is 4.84. The zero-order valence-corrected chi connectivity index (χ0v) is 10.5. The van der Waals surface area contributed by atoms with Crippen LogP contribution in [0.4, 0.5) is 5.00 Å². The van der Waals surface area contributed by atoms with Crippen molar-refractivity contribution in [1.29, 1.82) is 0 Å². The number of rotatable bonds is 5. The summed E-state index contributed by atoms with van der Waals surface area (Å²) in [6.07, 6.45) is 2.96. The van der Waals surface area contributed by atoms with Crippen LogP contribution in [0.15, 0.2) is 18.2 Å². The highest BCUT2D eigenvalue weighted by Crippen LogP contribution is 2.24. The van der Waals surface area contributed by atoms with Gasteiger partial charge in [0, 0.05) is 23.6 Å². The predicted molar refractivity (Wildman–Crippen MR) is 67.9 cm³/mol. The molecule has 1 aromatic rings. The predicted octanol–water partition coefficient (Wildman–Crippen LogP) is 2.44. The van der Waals surface area contributed by atoms with Gasteiger partial charge in [-0.25, -0.2) is 0 Å². The number of nitro groups is 1. The van der Waals surface area contributed by atoms with Gasteiger partial charge < -0.3 is 5.32 Å². The van der Waals surface area contributed by atoms with Crippen molar-refractivity contribution in [3.63, 3.8) is 0 Å². The average Bonchev–Trinajstić information content (AvgIpc) is 2.72. The molecule has 1 N–H and O–H groups in total. The molecule has 0 atom stereocenters. The lowest BCUT2D eigenvalue weighted by atomic mass is 10.2. The van der Waals surface area contributed by atoms with Crippen molar-refractivity contribution >= 4 is 28.3 Å². The highest BCUT2D eigenvalue weighted by atomic mass is 32.1. The van der Waals surface area contributed by atoms with Crippen LogP contribution in [-0.2, 0) is 4.79 Å². The second-order valence-corrected chi connectivity index (χ2v) is 5.00. The lowest BCUT2D eigenvalue weighted by Crippen LogP contribution is -2.25. The SMILES string of the molecule is CC(C)CNC(=O)/C=C/c1ccc([N+](=O)[O-])s1. The van der Waals surface area contributed by atoms with Gasteiger partial charge in [0.05, 0.1) is 4.92 Å². The van der Waals surface area contributed by atoms with Crippen LogP contribution in [-0.4, -0.2) is 17.4 Å². The molecule has 0 fully saturated rings. The van der Waals surface area contributed by atoms with Gasteiger partial charge in [-0.15, -0.1) is 0 Å². The van der Waals surface area contributed by atoms with E-state index in [9.17, 15) is 14.9 Å². The normalized spacial score (nSPS) is 11.0. The summed E-state index contributed by atoms with van der Waals surface area (Å²) in [5.41, 5.74) is 0. The van der Waals surface area contributed by atoms with Crippen molar-refractivity contribution in [3.05, 3.63) is 33.2 Å². The quantitative estimate of drug-likeness (QED) is 0.498. The van der Waals surface area contributed by atoms with E-state index in [1.54, 1.807) is 12.1 Å². The molecule has 0 aliphatic rings. The van der Waals surface area contributed by atoms with Crippen LogP contribution < -0.4 is 5.32 Å². The van der Waals surface area contributed by atoms with Gasteiger partial charge in [0.15, 0.2) is 0 Å². The molecule has 0 aliphatic heterocycles. The zero-order chi connectivity index (χ0) is 12.8. The number of hydrogen-bond donors (Lipinski definition) is 1. The Labute approximate surface area is 103 Å². The number of nitrogens with one attached hydrogen (secondary N) is 1. The monoisotopic (exact) mass is 254 g/mol. The molecule has 0 unspecified atom stereocenters. The second-order valence-electron chi connectivity index (χ2n) is 3.91. The van der Waals surface area contributed by atoms with Crippen molar-refractivity contribution in [2.24, 2.45) is 5.92 Å². The average molecular weight is 254 g/mol. The van der Waals surface area contributed by atoms with E-state index >= 15 is 0 Å². The molecular weight excluding hydrogens is 240 g/mol. The Hall–Kier alpha value is -1.69. The molecule has 0 aromatic carbocycles. The van der Waals surface area contributed by atoms with E-state index in [1.807, 2.05) is 13.8 Å². The van der Waals surface area contributed by atoms with Gasteiger partial charge >= 0.3 is 5.00 Å². The molecule has 0 aliphatic carbocycles. The summed E-state index contributed by atoms with van der Waals surface area (Å²) < 4.78 is 0. The third-order valence-corrected chi connectivity index (χ3v) is 2.88. The molecule has 0 saturated heterocycles. The fraction of sp³-hybridized carbons (Fsp3) is 0.364. The summed E-state index contributed by atoms with van der Waals surface area (Å²) in [7, 11) is 0. The Bertz CT molecular complexity index is 438. The summed E-state index contributed by atoms with van der Waals surface area (Å²) in [6.45, 7) is 4.63. The minimum absolute atomic E-state index is 0.0761. The fourth-order valence-corrected chi connectivity index (χ4v) is 1.78. The Balaban J connectivity index is 2.52. The molecule has 0 spiro atoms. The highest BCUT2D eigenvalue weighted by Gasteiger charge is 2.07. The standard InChI is InChI=1S/C11H14N2O3S/c1-8(2)7-12-10(14)5-3-9-4-6-11(17-9)13(15)16/h3-6,8H,7H2,1-2H3,(H,12,14)/b5-3+. The van der Waals surface area contributed by atoms with Crippen LogP contribution in [0.3, 0.4) is 0 Å². The van der Waals surface area contributed by atoms with Crippen LogP contribution in [0, 0.1) is 16.0 Å². The first kappa shape index (κ1) is 13.4. The molecule has 0 radical (unpaired) electrons. The van der Waals surface area contributed by atoms with Gasteiger partial charge in [0.25, 0.3) is 0 Å². The maximum absolute atomic E-state index is 11.3. The minimum atomic E-state index is -0.444. The molecule has 1 heterocycles. The lowest BCUT2D eigenvalue weighted by Gasteiger charge is -2.03. The minimum Gasteiger partial charge on any atom is -0.352 e. The van der Waals surface area contributed by atoms with E-state index in [0.717, 1.165) is 11.3 Å². The highest BCUT2D eigenvalue weighted by molar-refractivity contribution is 7.16. The third-order valence-electron chi connectivity index (χ3n) is 1.88. The molecular formula is C11H14N2O3S. The first-order valence-corrected chi connectivity index (χ1v) is 6.01. The van der Waals surface area contributed by atoms with E-state index in [-0.39, 0.29) is 10.9 Å². The number of carbonyl (C=O) groups excluding carboxylic acids is 1. The summed E-state index contributed by atoms with van der Waals surface area (Å²) in [6, 6.07) is 3.05. The Morgan fingerprint density at radius 1 is 1.59 bits per heavy atom. The second kappa shape index (κ2) is 6.15. The van der Waals surface area contributed by atoms with Crippen molar-refractivity contribution in [2.75, 3.05) is 6.54 Å². The van der Waals surface area contributed by atoms with E-state index in [4.69, 9.17) is 0 Å². The summed E-state index contributed by atoms with van der Waals surface area (Å²) >= 11 is 1.04. The number of hydrogen-bond acceptors (Lipinski definition) is 4. The van der Waals surface area contributed by atoms with Gasteiger partial charge in [0.1, 0.15) is 0 Å². The number of nitrogens with zero attached hydrogens (tertiary/aromatic N) is 1. The summed E-state index contributed by atoms with van der Waals surface area (Å²) in [5.74, 6) is 0.213. The molecule has 5 nitrogen and oxygen atoms in total. The maximum atomic E-state index is 11.3. The van der Waals surface area contributed by atoms with Crippen molar-refractivity contribution < 1.29 is 9.72 Å². The lowest BCUT2D eigenvalue weighted by molar-refractivity contribution is -0.380. The van der Waals surface area contributed by atoms with Gasteiger partial charge in [0.2, 0.25) is 5.91 Å². The third kappa shape index (κ3) is 4.78. The van der Waals surface area contributed by atoms with Crippen LogP contribution in [0.25, 0.3) is 6.08 Å². The Morgan fingerprint density at radius 2 is 2.29 bits per heavy atom. The largest absolute Gasteiger partial charge is 0.352 e. The summed E-state index contributed by atoms with van der Waals surface area (Å²) in [5, 5.41) is 13.2. The molecule has 1 amide bonds. The molecule has 0 bridgehead atoms. The molecule has 17 heavy (non-hydrogen) atoms. The summed E-state index contributed by atoms with van der Waals surface area (Å²) in [4.78, 5) is 22.0. The van der Waals surface area contributed by atoms with Crippen molar-refractivity contribution in [2.45, 2.75) is 13.8 Å². The van der Waals surface area contributed by atoms with Gasteiger partial charge in [-0.3, -0.25) is 14.9 Å². The van der Waals surface area contributed by atoms with E-state index in [1.165, 1.54) is 12.1 Å². The van der Waals surface area contributed by atoms with Crippen LogP contribution in [0.2, 0.25) is 0 Å². The van der Waals surface area contributed by atoms with Gasteiger partial charge in [-0.05, 0) is 18.1 Å². The fourth-order valence-electron chi connectivity index (χ4n) is 1.05. The van der Waals surface area contributed by atoms with E-state index in [0.29, 0.717) is 17.3 Å². The first-order chi connectivity index (χ1) is 7.99. The molecule has 1 aromatic heterocycles. The van der Waals surface area contributed by atoms with Crippen molar-refractivity contribution in [1.82, 2.24) is 5.32 Å². The molecule has 0 saturated carbocycles. The van der Waals surface area contributed by atoms with E-state index < -0.39 is 4.92 Å². The van der Waals surface area contributed by atoms with Crippen LogP contribution in [0.5, 0.6) is 0 Å². The van der Waals surface area contributed by atoms with Gasteiger partial charge in [-0.2, -0.15) is 0 Å².